The molecule has 0 aromatic carbocycles. The third-order valence-electron chi connectivity index (χ3n) is 3.74. The first kappa shape index (κ1) is 18.0. The molecule has 2 aromatic heterocycles. The van der Waals surface area contributed by atoms with Crippen LogP contribution in [0.2, 0.25) is 0 Å². The normalized spacial score (nSPS) is 11.0. The summed E-state index contributed by atoms with van der Waals surface area (Å²) in [5, 5.41) is 6.83. The predicted octanol–water partition coefficient (Wildman–Crippen LogP) is 1.84. The van der Waals surface area contributed by atoms with Crippen molar-refractivity contribution in [3.63, 3.8) is 0 Å². The molecule has 0 fully saturated rings. The van der Waals surface area contributed by atoms with Crippen LogP contribution in [0.1, 0.15) is 44.2 Å². The van der Waals surface area contributed by atoms with E-state index in [9.17, 15) is 4.79 Å². The Morgan fingerprint density at radius 2 is 2.25 bits per heavy atom. The predicted molar refractivity (Wildman–Crippen MR) is 89.7 cm³/mol. The molecule has 2 rings (SSSR count). The maximum absolute atomic E-state index is 12.1. The monoisotopic (exact) mass is 334 g/mol. The van der Waals surface area contributed by atoms with E-state index in [2.05, 4.69) is 27.4 Å². The highest BCUT2D eigenvalue weighted by molar-refractivity contribution is 5.73. The molecule has 1 N–H and O–H groups in total. The molecule has 0 aliphatic rings. The fourth-order valence-electron chi connectivity index (χ4n) is 2.25. The molecular formula is C16H26N6O2. The topological polar surface area (TPSA) is 89.1 Å². The molecule has 2 amide bonds. The van der Waals surface area contributed by atoms with Crippen molar-refractivity contribution < 1.29 is 9.32 Å². The summed E-state index contributed by atoms with van der Waals surface area (Å²) >= 11 is 0. The highest BCUT2D eigenvalue weighted by Gasteiger charge is 2.13. The summed E-state index contributed by atoms with van der Waals surface area (Å²) in [6.45, 7) is 7.88. The van der Waals surface area contributed by atoms with Crippen LogP contribution in [0.25, 0.3) is 0 Å². The zero-order valence-electron chi connectivity index (χ0n) is 14.8. The van der Waals surface area contributed by atoms with Gasteiger partial charge in [0.1, 0.15) is 5.82 Å². The van der Waals surface area contributed by atoms with Gasteiger partial charge in [-0.3, -0.25) is 0 Å². The van der Waals surface area contributed by atoms with Crippen LogP contribution in [0.3, 0.4) is 0 Å². The lowest BCUT2D eigenvalue weighted by Crippen LogP contribution is -2.39. The summed E-state index contributed by atoms with van der Waals surface area (Å²) in [4.78, 5) is 22.3. The van der Waals surface area contributed by atoms with Gasteiger partial charge in [0.15, 0.2) is 5.82 Å². The number of carbonyl (C=O) groups excluding carboxylic acids is 1. The van der Waals surface area contributed by atoms with Crippen molar-refractivity contribution in [2.45, 2.75) is 46.1 Å². The molecule has 2 heterocycles. The first-order valence-corrected chi connectivity index (χ1v) is 8.32. The number of aromatic nitrogens is 4. The third kappa shape index (κ3) is 4.81. The smallest absolute Gasteiger partial charge is 0.317 e. The van der Waals surface area contributed by atoms with Gasteiger partial charge in [0.2, 0.25) is 5.89 Å². The van der Waals surface area contributed by atoms with Crippen molar-refractivity contribution >= 4 is 6.03 Å². The maximum Gasteiger partial charge on any atom is 0.317 e. The van der Waals surface area contributed by atoms with Gasteiger partial charge in [0.05, 0.1) is 0 Å². The Morgan fingerprint density at radius 1 is 1.46 bits per heavy atom. The zero-order valence-corrected chi connectivity index (χ0v) is 14.8. The highest BCUT2D eigenvalue weighted by Crippen LogP contribution is 2.11. The van der Waals surface area contributed by atoms with Crippen molar-refractivity contribution in [2.24, 2.45) is 0 Å². The number of rotatable bonds is 8. The molecule has 132 valence electrons. The standard InChI is InChI=1S/C16H26N6O2/c1-5-14-17-7-10-22(14)11-8-18-16(23)21(4)9-6-13-19-15(12(2)3)24-20-13/h7,10,12H,5-6,8-9,11H2,1-4H3,(H,18,23). The summed E-state index contributed by atoms with van der Waals surface area (Å²) in [5.41, 5.74) is 0. The van der Waals surface area contributed by atoms with Crippen LogP contribution < -0.4 is 5.32 Å². The van der Waals surface area contributed by atoms with Gasteiger partial charge in [-0.25, -0.2) is 9.78 Å². The molecule has 0 aliphatic heterocycles. The van der Waals surface area contributed by atoms with Gasteiger partial charge in [-0.2, -0.15) is 4.98 Å². The van der Waals surface area contributed by atoms with Crippen LogP contribution in [-0.4, -0.2) is 50.8 Å². The van der Waals surface area contributed by atoms with Crippen LogP contribution >= 0.6 is 0 Å². The number of carbonyl (C=O) groups is 1. The largest absolute Gasteiger partial charge is 0.339 e. The first-order chi connectivity index (χ1) is 11.5. The van der Waals surface area contributed by atoms with Gasteiger partial charge in [0, 0.05) is 57.8 Å². The highest BCUT2D eigenvalue weighted by atomic mass is 16.5. The van der Waals surface area contributed by atoms with E-state index in [0.29, 0.717) is 37.8 Å². The molecule has 0 spiro atoms. The SMILES string of the molecule is CCc1nccn1CCNC(=O)N(C)CCc1noc(C(C)C)n1. The Kier molecular flexibility index (Phi) is 6.34. The minimum atomic E-state index is -0.110. The molecule has 0 bridgehead atoms. The van der Waals surface area contributed by atoms with Gasteiger partial charge in [0.25, 0.3) is 0 Å². The summed E-state index contributed by atoms with van der Waals surface area (Å²) in [6, 6.07) is -0.110. The molecule has 8 nitrogen and oxygen atoms in total. The Balaban J connectivity index is 1.71. The molecule has 24 heavy (non-hydrogen) atoms. The molecule has 0 radical (unpaired) electrons. The summed E-state index contributed by atoms with van der Waals surface area (Å²) in [5.74, 6) is 2.49. The van der Waals surface area contributed by atoms with Gasteiger partial charge in [-0.05, 0) is 0 Å². The van der Waals surface area contributed by atoms with Crippen LogP contribution in [0, 0.1) is 0 Å². The number of likely N-dealkylation sites (N-methyl/N-ethyl adjacent to an activating group) is 1. The maximum atomic E-state index is 12.1. The molecule has 2 aromatic rings. The molecule has 0 atom stereocenters. The number of amides is 2. The van der Waals surface area contributed by atoms with Gasteiger partial charge in [-0.15, -0.1) is 0 Å². The fraction of sp³-hybridized carbons (Fsp3) is 0.625. The van der Waals surface area contributed by atoms with E-state index >= 15 is 0 Å². The minimum absolute atomic E-state index is 0.110. The van der Waals surface area contributed by atoms with E-state index in [4.69, 9.17) is 4.52 Å². The van der Waals surface area contributed by atoms with Crippen molar-refractivity contribution in [1.29, 1.82) is 0 Å². The Morgan fingerprint density at radius 3 is 2.92 bits per heavy atom. The Hall–Kier alpha value is -2.38. The lowest BCUT2D eigenvalue weighted by molar-refractivity contribution is 0.208. The van der Waals surface area contributed by atoms with Crippen LogP contribution in [0.15, 0.2) is 16.9 Å². The quantitative estimate of drug-likeness (QED) is 0.795. The van der Waals surface area contributed by atoms with Crippen molar-refractivity contribution in [3.05, 3.63) is 29.9 Å². The molecular weight excluding hydrogens is 308 g/mol. The van der Waals surface area contributed by atoms with Crippen LogP contribution in [0.4, 0.5) is 4.79 Å². The van der Waals surface area contributed by atoms with Crippen molar-refractivity contribution in [1.82, 2.24) is 29.9 Å². The summed E-state index contributed by atoms with van der Waals surface area (Å²) in [7, 11) is 1.76. The second-order valence-electron chi connectivity index (χ2n) is 6.00. The second-order valence-corrected chi connectivity index (χ2v) is 6.00. The van der Waals surface area contributed by atoms with E-state index in [1.807, 2.05) is 24.6 Å². The minimum Gasteiger partial charge on any atom is -0.339 e. The average Bonchev–Trinajstić information content (AvgIpc) is 3.21. The van der Waals surface area contributed by atoms with Crippen molar-refractivity contribution in [2.75, 3.05) is 20.1 Å². The van der Waals surface area contributed by atoms with Gasteiger partial charge in [-0.1, -0.05) is 25.9 Å². The first-order valence-electron chi connectivity index (χ1n) is 8.32. The number of imidazole rings is 1. The van der Waals surface area contributed by atoms with E-state index in [-0.39, 0.29) is 11.9 Å². The summed E-state index contributed by atoms with van der Waals surface area (Å²) in [6.07, 6.45) is 5.16. The Bertz CT molecular complexity index is 649. The average molecular weight is 334 g/mol. The van der Waals surface area contributed by atoms with E-state index in [0.717, 1.165) is 12.2 Å². The molecule has 0 saturated carbocycles. The number of nitrogens with one attached hydrogen (secondary N) is 1. The second kappa shape index (κ2) is 8.47. The van der Waals surface area contributed by atoms with Crippen molar-refractivity contribution in [3.8, 4) is 0 Å². The number of urea groups is 1. The number of nitrogens with zero attached hydrogens (tertiary/aromatic N) is 5. The van der Waals surface area contributed by atoms with Gasteiger partial charge < -0.3 is 19.3 Å². The third-order valence-corrected chi connectivity index (χ3v) is 3.74. The Labute approximate surface area is 142 Å². The lowest BCUT2D eigenvalue weighted by atomic mass is 10.2. The van der Waals surface area contributed by atoms with Crippen LogP contribution in [-0.2, 0) is 19.4 Å². The fourth-order valence-corrected chi connectivity index (χ4v) is 2.25. The zero-order chi connectivity index (χ0) is 17.5. The van der Waals surface area contributed by atoms with Crippen LogP contribution in [0.5, 0.6) is 0 Å². The van der Waals surface area contributed by atoms with E-state index in [1.165, 1.54) is 0 Å². The number of aryl methyl sites for hydroxylation is 1. The van der Waals surface area contributed by atoms with Gasteiger partial charge >= 0.3 is 6.03 Å². The molecule has 0 saturated heterocycles. The molecule has 0 unspecified atom stereocenters. The molecule has 0 aliphatic carbocycles. The van der Waals surface area contributed by atoms with E-state index < -0.39 is 0 Å². The number of hydrogen-bond donors (Lipinski definition) is 1. The number of hydrogen-bond acceptors (Lipinski definition) is 5. The van der Waals surface area contributed by atoms with E-state index in [1.54, 1.807) is 18.1 Å². The molecule has 8 heteroatoms. The summed E-state index contributed by atoms with van der Waals surface area (Å²) < 4.78 is 7.21. The lowest BCUT2D eigenvalue weighted by Gasteiger charge is -2.17.